The van der Waals surface area contributed by atoms with Crippen LogP contribution >= 0.6 is 0 Å². The van der Waals surface area contributed by atoms with Crippen LogP contribution in [0.5, 0.6) is 0 Å². The largest absolute Gasteiger partial charge is 0.356 e. The fourth-order valence-corrected chi connectivity index (χ4v) is 9.22. The summed E-state index contributed by atoms with van der Waals surface area (Å²) in [4.78, 5) is 15.8. The zero-order valence-electron chi connectivity index (χ0n) is 39.6. The first kappa shape index (κ1) is 49.1. The van der Waals surface area contributed by atoms with E-state index < -0.39 is 0 Å². The number of nitrogens with zero attached hydrogens (tertiary/aromatic N) is 5. The molecule has 0 saturated carbocycles. The summed E-state index contributed by atoms with van der Waals surface area (Å²) >= 11 is 0. The Labute approximate surface area is 356 Å². The van der Waals surface area contributed by atoms with Gasteiger partial charge in [-0.05, 0) is 72.2 Å². The predicted molar refractivity (Wildman–Crippen MR) is 250 cm³/mol. The molecule has 0 saturated heterocycles. The fourth-order valence-electron chi connectivity index (χ4n) is 9.22. The molecule has 0 radical (unpaired) electrons. The third-order valence-electron chi connectivity index (χ3n) is 13.5. The van der Waals surface area contributed by atoms with Crippen LogP contribution in [0.3, 0.4) is 0 Å². The van der Waals surface area contributed by atoms with E-state index in [9.17, 15) is 4.79 Å². The quantitative estimate of drug-likeness (QED) is 0.0455. The molecule has 8 nitrogen and oxygen atoms in total. The van der Waals surface area contributed by atoms with Crippen molar-refractivity contribution in [1.29, 1.82) is 0 Å². The minimum absolute atomic E-state index is 0.124. The Balaban J connectivity index is 1.76. The van der Waals surface area contributed by atoms with Crippen LogP contribution in [0, 0.1) is 12.3 Å². The fraction of sp³-hybridized carbons (Fsp3) is 0.640. The number of fused-ring (bicyclic) bond motifs is 1. The standard InChI is InChI=1S/C50H86N7O/c1-14-18-19-27-43-41-53(34-24-40-57(15-2,16-3)17-4)45(49(43,6)7)29-21-30-46-50(8,9)44-28-20-26-42(5)48(44)54(46)35-31-47(58)52-33-23-37-56(12,13)39-25-38-55(10,11)36-22-32-51/h14,18-21,26-30,41H,15-17,22-25,31-40,51H2,1-13H3/q+3/p+1/b18-14-,27-19-. The topological polar surface area (TPSA) is 61.4 Å². The number of quaternary nitrogens is 3. The van der Waals surface area contributed by atoms with E-state index in [0.717, 1.165) is 61.0 Å². The molecular weight excluding hydrogens is 715 g/mol. The lowest BCUT2D eigenvalue weighted by molar-refractivity contribution is -0.924. The molecule has 2 aliphatic rings. The highest BCUT2D eigenvalue weighted by Gasteiger charge is 2.42. The van der Waals surface area contributed by atoms with Crippen LogP contribution in [0.1, 0.15) is 98.6 Å². The van der Waals surface area contributed by atoms with Gasteiger partial charge in [-0.3, -0.25) is 4.79 Å². The first-order chi connectivity index (χ1) is 27.3. The van der Waals surface area contributed by atoms with Crippen LogP contribution in [-0.4, -0.2) is 136 Å². The highest BCUT2D eigenvalue weighted by molar-refractivity contribution is 5.99. The number of benzene rings is 1. The Hall–Kier alpha value is -3.30. The van der Waals surface area contributed by atoms with Gasteiger partial charge in [0.05, 0.1) is 92.4 Å². The van der Waals surface area contributed by atoms with Gasteiger partial charge < -0.3 is 29.4 Å². The van der Waals surface area contributed by atoms with Crippen molar-refractivity contribution < 1.29 is 22.8 Å². The zero-order valence-corrected chi connectivity index (χ0v) is 39.6. The van der Waals surface area contributed by atoms with Crippen molar-refractivity contribution in [3.63, 3.8) is 0 Å². The van der Waals surface area contributed by atoms with Crippen LogP contribution in [0.15, 0.2) is 78.2 Å². The molecule has 1 amide bonds. The highest BCUT2D eigenvalue weighted by Crippen LogP contribution is 2.49. The Morgan fingerprint density at radius 3 is 2.09 bits per heavy atom. The van der Waals surface area contributed by atoms with E-state index in [1.54, 1.807) is 0 Å². The Bertz CT molecular complexity index is 1670. The third-order valence-corrected chi connectivity index (χ3v) is 13.5. The second kappa shape index (κ2) is 21.8. The normalized spacial score (nSPS) is 17.8. The molecule has 0 aromatic heterocycles. The summed E-state index contributed by atoms with van der Waals surface area (Å²) in [5.74, 6) is 0.124. The van der Waals surface area contributed by atoms with E-state index in [-0.39, 0.29) is 16.7 Å². The third kappa shape index (κ3) is 13.1. The van der Waals surface area contributed by atoms with Crippen molar-refractivity contribution in [3.8, 4) is 0 Å². The molecular formula is C50H87N7O+4. The maximum Gasteiger partial charge on any atom is 0.221 e. The molecule has 8 heteroatoms. The number of amides is 1. The molecule has 58 heavy (non-hydrogen) atoms. The summed E-state index contributed by atoms with van der Waals surface area (Å²) in [7, 11) is 9.25. The van der Waals surface area contributed by atoms with Crippen molar-refractivity contribution in [2.45, 2.75) is 99.8 Å². The minimum atomic E-state index is -0.194. The van der Waals surface area contributed by atoms with Crippen molar-refractivity contribution >= 4 is 17.3 Å². The maximum absolute atomic E-state index is 13.4. The van der Waals surface area contributed by atoms with E-state index in [4.69, 9.17) is 5.73 Å². The predicted octanol–water partition coefficient (Wildman–Crippen LogP) is 8.10. The molecule has 3 N–H and O–H groups in total. The summed E-state index contributed by atoms with van der Waals surface area (Å²) in [5, 5.41) is 3.26. The number of aryl methyl sites for hydroxylation is 1. The monoisotopic (exact) mass is 802 g/mol. The molecule has 0 spiro atoms. The van der Waals surface area contributed by atoms with E-state index >= 15 is 0 Å². The summed E-state index contributed by atoms with van der Waals surface area (Å²) in [6.45, 7) is 33.0. The molecule has 0 unspecified atom stereocenters. The van der Waals surface area contributed by atoms with E-state index in [0.29, 0.717) is 19.5 Å². The average molecular weight is 802 g/mol. The van der Waals surface area contributed by atoms with Gasteiger partial charge in [-0.1, -0.05) is 62.4 Å². The molecule has 0 fully saturated rings. The van der Waals surface area contributed by atoms with Gasteiger partial charge >= 0.3 is 0 Å². The van der Waals surface area contributed by atoms with Crippen LogP contribution in [-0.2, 0) is 10.2 Å². The number of nitrogens with two attached hydrogens (primary N) is 1. The number of hydrogen-bond donors (Lipinski definition) is 2. The molecule has 324 valence electrons. The van der Waals surface area contributed by atoms with Crippen molar-refractivity contribution in [2.75, 3.05) is 112 Å². The SMILES string of the molecule is C/C=C\C=C/C1=C[N+](CCC[N+](CC)(CC)CC)=C(/C=C/C=C2/N(CCC(=O)NCCC[N+](C)(C)CCC[N+](C)(C)CCCN)c3c(C)cccc3C2(C)C)C1(C)C. The Morgan fingerprint density at radius 1 is 0.828 bits per heavy atom. The van der Waals surface area contributed by atoms with Gasteiger partial charge in [-0.15, -0.1) is 0 Å². The van der Waals surface area contributed by atoms with Crippen LogP contribution in [0.25, 0.3) is 0 Å². The number of anilines is 1. The first-order valence-electron chi connectivity index (χ1n) is 22.7. The smallest absolute Gasteiger partial charge is 0.221 e. The van der Waals surface area contributed by atoms with Gasteiger partial charge in [-0.25, -0.2) is 4.58 Å². The summed E-state index contributed by atoms with van der Waals surface area (Å²) in [6.07, 6.45) is 22.8. The highest BCUT2D eigenvalue weighted by atomic mass is 16.1. The maximum atomic E-state index is 13.4. The van der Waals surface area contributed by atoms with E-state index in [1.165, 1.54) is 77.4 Å². The number of allylic oxidation sites excluding steroid dienone is 9. The van der Waals surface area contributed by atoms with Gasteiger partial charge in [-0.2, -0.15) is 0 Å². The van der Waals surface area contributed by atoms with Gasteiger partial charge in [0.15, 0.2) is 18.5 Å². The lowest BCUT2D eigenvalue weighted by atomic mass is 9.80. The number of carbonyl (C=O) groups is 1. The van der Waals surface area contributed by atoms with Crippen molar-refractivity contribution in [2.24, 2.45) is 11.1 Å². The number of rotatable bonds is 25. The number of hydrogen-bond acceptors (Lipinski definition) is 3. The minimum Gasteiger partial charge on any atom is -0.356 e. The second-order valence-corrected chi connectivity index (χ2v) is 19.4. The second-order valence-electron chi connectivity index (χ2n) is 19.4. The first-order valence-corrected chi connectivity index (χ1v) is 22.7. The van der Waals surface area contributed by atoms with E-state index in [2.05, 4.69) is 172 Å². The molecule has 2 heterocycles. The summed E-state index contributed by atoms with van der Waals surface area (Å²) in [5.41, 5.74) is 13.2. The lowest BCUT2D eigenvalue weighted by Crippen LogP contribution is -2.48. The average Bonchev–Trinajstić information content (AvgIpc) is 3.54. The number of para-hydroxylation sites is 1. The molecule has 2 aliphatic heterocycles. The lowest BCUT2D eigenvalue weighted by Gasteiger charge is -2.35. The van der Waals surface area contributed by atoms with Gasteiger partial charge in [0.1, 0.15) is 0 Å². The van der Waals surface area contributed by atoms with E-state index in [1.807, 2.05) is 0 Å². The van der Waals surface area contributed by atoms with Gasteiger partial charge in [0.25, 0.3) is 0 Å². The molecule has 3 rings (SSSR count). The van der Waals surface area contributed by atoms with Gasteiger partial charge in [0.2, 0.25) is 5.91 Å². The Kier molecular flexibility index (Phi) is 18.4. The van der Waals surface area contributed by atoms with Crippen molar-refractivity contribution in [3.05, 3.63) is 89.3 Å². The number of nitrogens with one attached hydrogen (secondary N) is 1. The molecule has 0 atom stereocenters. The molecule has 1 aromatic rings. The zero-order chi connectivity index (χ0) is 43.2. The summed E-state index contributed by atoms with van der Waals surface area (Å²) in [6, 6.07) is 6.65. The summed E-state index contributed by atoms with van der Waals surface area (Å²) < 4.78 is 5.68. The number of carbonyl (C=O) groups excluding carboxylic acids is 1. The van der Waals surface area contributed by atoms with Crippen LogP contribution in [0.4, 0.5) is 5.69 Å². The molecule has 0 bridgehead atoms. The van der Waals surface area contributed by atoms with Crippen molar-refractivity contribution in [1.82, 2.24) is 5.32 Å². The van der Waals surface area contributed by atoms with Crippen LogP contribution in [0.2, 0.25) is 0 Å². The van der Waals surface area contributed by atoms with Crippen LogP contribution < -0.4 is 16.0 Å². The Morgan fingerprint density at radius 2 is 1.47 bits per heavy atom. The molecule has 1 aromatic carbocycles. The van der Waals surface area contributed by atoms with Gasteiger partial charge in [0, 0.05) is 67.2 Å². The molecule has 0 aliphatic carbocycles.